The zero-order valence-electron chi connectivity index (χ0n) is 20.6. The van der Waals surface area contributed by atoms with Gasteiger partial charge in [-0.05, 0) is 55.2 Å². The van der Waals surface area contributed by atoms with Crippen LogP contribution in [0.1, 0.15) is 44.4 Å². The fraction of sp³-hybridized carbons (Fsp3) is 0.321. The molecule has 3 heterocycles. The minimum absolute atomic E-state index is 0.0365. The van der Waals surface area contributed by atoms with Crippen molar-refractivity contribution in [1.29, 1.82) is 0 Å². The molecular weight excluding hydrogens is 474 g/mol. The second kappa shape index (κ2) is 9.56. The number of aromatic nitrogens is 3. The number of nitrogens with one attached hydrogen (secondary N) is 1. The van der Waals surface area contributed by atoms with Crippen molar-refractivity contribution in [3.63, 3.8) is 0 Å². The van der Waals surface area contributed by atoms with E-state index in [0.717, 1.165) is 40.0 Å². The molecule has 0 aliphatic carbocycles. The number of amides is 1. The summed E-state index contributed by atoms with van der Waals surface area (Å²) in [6.07, 6.45) is 4.33. The Hall–Kier alpha value is -3.42. The number of hydrogen-bond donors (Lipinski definition) is 2. The van der Waals surface area contributed by atoms with Gasteiger partial charge in [0.2, 0.25) is 5.91 Å². The Labute approximate surface area is 215 Å². The molecule has 8 heteroatoms. The standard InChI is InChI=1S/C28H30ClN5O2/c1-4-24(19-7-11-23(29)12-8-19)32-27(35)21-14-33(15-21)26-25-13-20(16-34(25)31-17-30-26)18-5-9-22(10-6-18)28(2,3)36/h5-13,16-17,21,24,36H,4,14-15H2,1-3H3,(H,32,35)/t24-/m0/s1. The maximum absolute atomic E-state index is 12.9. The lowest BCUT2D eigenvalue weighted by atomic mass is 9.96. The van der Waals surface area contributed by atoms with Gasteiger partial charge in [-0.15, -0.1) is 0 Å². The predicted molar refractivity (Wildman–Crippen MR) is 142 cm³/mol. The van der Waals surface area contributed by atoms with E-state index in [4.69, 9.17) is 11.6 Å². The molecule has 1 saturated heterocycles. The molecule has 1 atom stereocenters. The summed E-state index contributed by atoms with van der Waals surface area (Å²) in [5, 5.41) is 18.5. The van der Waals surface area contributed by atoms with Crippen molar-refractivity contribution in [2.45, 2.75) is 38.8 Å². The molecule has 36 heavy (non-hydrogen) atoms. The van der Waals surface area contributed by atoms with Crippen molar-refractivity contribution in [2.24, 2.45) is 5.92 Å². The van der Waals surface area contributed by atoms with Gasteiger partial charge in [0.1, 0.15) is 11.8 Å². The largest absolute Gasteiger partial charge is 0.386 e. The van der Waals surface area contributed by atoms with Gasteiger partial charge in [0.05, 0.1) is 17.6 Å². The quantitative estimate of drug-likeness (QED) is 0.371. The number of anilines is 1. The maximum atomic E-state index is 12.9. The molecule has 1 fully saturated rings. The number of carbonyl (C=O) groups excluding carboxylic acids is 1. The summed E-state index contributed by atoms with van der Waals surface area (Å²) in [6, 6.07) is 17.5. The second-order valence-electron chi connectivity index (χ2n) is 9.90. The number of aliphatic hydroxyl groups is 1. The molecular formula is C28H30ClN5O2. The first-order chi connectivity index (χ1) is 17.2. The van der Waals surface area contributed by atoms with Gasteiger partial charge in [0.15, 0.2) is 5.82 Å². The van der Waals surface area contributed by atoms with E-state index in [1.807, 2.05) is 59.2 Å². The maximum Gasteiger partial charge on any atom is 0.227 e. The summed E-state index contributed by atoms with van der Waals surface area (Å²) in [7, 11) is 0. The van der Waals surface area contributed by atoms with Crippen LogP contribution in [0.5, 0.6) is 0 Å². The fourth-order valence-corrected chi connectivity index (χ4v) is 4.74. The molecule has 1 aliphatic heterocycles. The van der Waals surface area contributed by atoms with Gasteiger partial charge in [0.25, 0.3) is 0 Å². The van der Waals surface area contributed by atoms with E-state index in [9.17, 15) is 9.90 Å². The topological polar surface area (TPSA) is 82.8 Å². The van der Waals surface area contributed by atoms with Crippen LogP contribution in [-0.4, -0.2) is 38.7 Å². The van der Waals surface area contributed by atoms with Crippen molar-refractivity contribution in [2.75, 3.05) is 18.0 Å². The average Bonchev–Trinajstić information content (AvgIpc) is 3.27. The van der Waals surface area contributed by atoms with Gasteiger partial charge in [-0.25, -0.2) is 9.50 Å². The van der Waals surface area contributed by atoms with E-state index in [1.54, 1.807) is 20.2 Å². The Morgan fingerprint density at radius 2 is 1.83 bits per heavy atom. The van der Waals surface area contributed by atoms with Crippen LogP contribution in [0.4, 0.5) is 5.82 Å². The summed E-state index contributed by atoms with van der Waals surface area (Å²) in [4.78, 5) is 19.6. The van der Waals surface area contributed by atoms with Crippen LogP contribution in [0.25, 0.3) is 16.6 Å². The molecule has 4 aromatic rings. The number of nitrogens with zero attached hydrogens (tertiary/aromatic N) is 4. The Morgan fingerprint density at radius 3 is 2.47 bits per heavy atom. The molecule has 0 bridgehead atoms. The highest BCUT2D eigenvalue weighted by atomic mass is 35.5. The molecule has 186 valence electrons. The second-order valence-corrected chi connectivity index (χ2v) is 10.3. The molecule has 1 amide bonds. The molecule has 0 saturated carbocycles. The van der Waals surface area contributed by atoms with E-state index in [2.05, 4.69) is 33.3 Å². The molecule has 0 spiro atoms. The summed E-state index contributed by atoms with van der Waals surface area (Å²) in [5.41, 5.74) is 3.98. The molecule has 5 rings (SSSR count). The zero-order valence-corrected chi connectivity index (χ0v) is 21.4. The van der Waals surface area contributed by atoms with Crippen LogP contribution in [0.2, 0.25) is 5.02 Å². The molecule has 2 aromatic heterocycles. The van der Waals surface area contributed by atoms with Crippen LogP contribution >= 0.6 is 11.6 Å². The number of carbonyl (C=O) groups is 1. The number of halogens is 1. The minimum Gasteiger partial charge on any atom is -0.386 e. The normalized spacial score (nSPS) is 15.1. The Bertz CT molecular complexity index is 1370. The number of benzene rings is 2. The Balaban J connectivity index is 1.28. The van der Waals surface area contributed by atoms with Crippen LogP contribution in [0, 0.1) is 5.92 Å². The monoisotopic (exact) mass is 503 g/mol. The van der Waals surface area contributed by atoms with E-state index in [-0.39, 0.29) is 17.9 Å². The Kier molecular flexibility index (Phi) is 6.45. The van der Waals surface area contributed by atoms with Gasteiger partial charge in [-0.2, -0.15) is 5.10 Å². The van der Waals surface area contributed by atoms with Crippen LogP contribution in [0.3, 0.4) is 0 Å². The van der Waals surface area contributed by atoms with Crippen molar-refractivity contribution in [1.82, 2.24) is 19.9 Å². The summed E-state index contributed by atoms with van der Waals surface area (Å²) >= 11 is 6.01. The van der Waals surface area contributed by atoms with Crippen LogP contribution in [-0.2, 0) is 10.4 Å². The van der Waals surface area contributed by atoms with Gasteiger partial charge >= 0.3 is 0 Å². The molecule has 0 radical (unpaired) electrons. The summed E-state index contributed by atoms with van der Waals surface area (Å²) in [6.45, 7) is 6.83. The van der Waals surface area contributed by atoms with Gasteiger partial charge in [-0.3, -0.25) is 4.79 Å². The lowest BCUT2D eigenvalue weighted by Crippen LogP contribution is -2.54. The smallest absolute Gasteiger partial charge is 0.227 e. The highest BCUT2D eigenvalue weighted by Gasteiger charge is 2.35. The van der Waals surface area contributed by atoms with Crippen molar-refractivity contribution in [3.05, 3.63) is 83.3 Å². The van der Waals surface area contributed by atoms with Crippen LogP contribution in [0.15, 0.2) is 67.1 Å². The number of hydrogen-bond acceptors (Lipinski definition) is 5. The third-order valence-corrected chi connectivity index (χ3v) is 7.11. The van der Waals surface area contributed by atoms with Crippen molar-refractivity contribution < 1.29 is 9.90 Å². The minimum atomic E-state index is -0.880. The van der Waals surface area contributed by atoms with Crippen molar-refractivity contribution >= 4 is 28.8 Å². The van der Waals surface area contributed by atoms with E-state index >= 15 is 0 Å². The first-order valence-corrected chi connectivity index (χ1v) is 12.6. The average molecular weight is 504 g/mol. The molecule has 2 N–H and O–H groups in total. The first-order valence-electron chi connectivity index (χ1n) is 12.2. The number of fused-ring (bicyclic) bond motifs is 1. The first kappa shape index (κ1) is 24.3. The van der Waals surface area contributed by atoms with Crippen LogP contribution < -0.4 is 10.2 Å². The van der Waals surface area contributed by atoms with E-state index < -0.39 is 5.60 Å². The van der Waals surface area contributed by atoms with Gasteiger partial charge in [0, 0.05) is 29.9 Å². The summed E-state index contributed by atoms with van der Waals surface area (Å²) in [5.74, 6) is 0.782. The summed E-state index contributed by atoms with van der Waals surface area (Å²) < 4.78 is 1.82. The SMILES string of the molecule is CC[C@H](NC(=O)C1CN(c2ncnn3cc(-c4ccc(C(C)(C)O)cc4)cc23)C1)c1ccc(Cl)cc1. The third kappa shape index (κ3) is 4.81. The molecule has 7 nitrogen and oxygen atoms in total. The molecule has 2 aromatic carbocycles. The number of rotatable bonds is 7. The highest BCUT2D eigenvalue weighted by molar-refractivity contribution is 6.30. The van der Waals surface area contributed by atoms with E-state index in [0.29, 0.717) is 18.1 Å². The van der Waals surface area contributed by atoms with Gasteiger partial charge in [-0.1, -0.05) is 54.9 Å². The zero-order chi connectivity index (χ0) is 25.4. The molecule has 1 aliphatic rings. The highest BCUT2D eigenvalue weighted by Crippen LogP contribution is 2.32. The van der Waals surface area contributed by atoms with Crippen molar-refractivity contribution in [3.8, 4) is 11.1 Å². The lowest BCUT2D eigenvalue weighted by molar-refractivity contribution is -0.126. The molecule has 0 unspecified atom stereocenters. The lowest BCUT2D eigenvalue weighted by Gasteiger charge is -2.39. The third-order valence-electron chi connectivity index (χ3n) is 6.86. The Morgan fingerprint density at radius 1 is 1.14 bits per heavy atom. The fourth-order valence-electron chi connectivity index (χ4n) is 4.61. The van der Waals surface area contributed by atoms with Gasteiger partial charge < -0.3 is 15.3 Å². The predicted octanol–water partition coefficient (Wildman–Crippen LogP) is 4.98. The van der Waals surface area contributed by atoms with E-state index in [1.165, 1.54) is 0 Å².